The molecule has 1 saturated heterocycles. The lowest BCUT2D eigenvalue weighted by Crippen LogP contribution is -2.48. The van der Waals surface area contributed by atoms with E-state index in [1.54, 1.807) is 6.92 Å². The van der Waals surface area contributed by atoms with Crippen molar-refractivity contribution in [2.24, 2.45) is 10.9 Å². The molecule has 0 amide bonds. The van der Waals surface area contributed by atoms with Crippen molar-refractivity contribution in [2.75, 3.05) is 32.8 Å². The monoisotopic (exact) mass is 465 g/mol. The highest BCUT2D eigenvalue weighted by Gasteiger charge is 2.28. The lowest BCUT2D eigenvalue weighted by atomic mass is 9.98. The SMILES string of the molecule is CCNC(=NCCc1nc(C)no1)N1CCCC(C(=O)OCC)C1.I. The number of hydrogen-bond donors (Lipinski definition) is 1. The number of nitrogens with one attached hydrogen (secondary N) is 1. The normalized spacial score (nSPS) is 17.8. The van der Waals surface area contributed by atoms with Crippen LogP contribution in [0.25, 0.3) is 0 Å². The van der Waals surface area contributed by atoms with Crippen LogP contribution in [0.3, 0.4) is 0 Å². The zero-order valence-electron chi connectivity index (χ0n) is 15.2. The van der Waals surface area contributed by atoms with Crippen molar-refractivity contribution in [3.63, 3.8) is 0 Å². The van der Waals surface area contributed by atoms with Crippen LogP contribution in [-0.4, -0.2) is 59.8 Å². The summed E-state index contributed by atoms with van der Waals surface area (Å²) in [6, 6.07) is 0. The van der Waals surface area contributed by atoms with E-state index >= 15 is 0 Å². The number of piperidine rings is 1. The standard InChI is InChI=1S/C16H27N5O3.HI/c1-4-17-16(18-9-8-14-19-12(3)20-24-14)21-10-6-7-13(11-21)15(22)23-5-2;/h13H,4-11H2,1-3H3,(H,17,18);1H. The Morgan fingerprint density at radius 2 is 2.28 bits per heavy atom. The van der Waals surface area contributed by atoms with Gasteiger partial charge in [-0.15, -0.1) is 24.0 Å². The summed E-state index contributed by atoms with van der Waals surface area (Å²) in [6.07, 6.45) is 2.43. The lowest BCUT2D eigenvalue weighted by molar-refractivity contribution is -0.149. The van der Waals surface area contributed by atoms with Crippen LogP contribution in [-0.2, 0) is 16.0 Å². The van der Waals surface area contributed by atoms with Crippen molar-refractivity contribution in [1.29, 1.82) is 0 Å². The first kappa shape index (κ1) is 21.7. The Bertz CT molecular complexity index is 564. The van der Waals surface area contributed by atoms with Gasteiger partial charge in [0.1, 0.15) is 0 Å². The molecule has 1 N–H and O–H groups in total. The zero-order valence-corrected chi connectivity index (χ0v) is 17.5. The Morgan fingerprint density at radius 3 is 2.92 bits per heavy atom. The Balaban J connectivity index is 0.00000312. The maximum Gasteiger partial charge on any atom is 0.310 e. The number of nitrogens with zero attached hydrogens (tertiary/aromatic N) is 4. The molecule has 1 unspecified atom stereocenters. The van der Waals surface area contributed by atoms with Crippen LogP contribution >= 0.6 is 24.0 Å². The number of carbonyl (C=O) groups excluding carboxylic acids is 1. The number of carbonyl (C=O) groups is 1. The van der Waals surface area contributed by atoms with Crippen molar-refractivity contribution >= 4 is 35.9 Å². The highest BCUT2D eigenvalue weighted by atomic mass is 127. The number of likely N-dealkylation sites (tertiary alicyclic amines) is 1. The van der Waals surface area contributed by atoms with Crippen LogP contribution in [0, 0.1) is 12.8 Å². The molecule has 1 fully saturated rings. The van der Waals surface area contributed by atoms with Crippen LogP contribution in [0.1, 0.15) is 38.4 Å². The molecule has 0 saturated carbocycles. The maximum atomic E-state index is 12.0. The van der Waals surface area contributed by atoms with Gasteiger partial charge in [-0.25, -0.2) is 0 Å². The van der Waals surface area contributed by atoms with E-state index in [2.05, 4.69) is 25.3 Å². The fourth-order valence-corrected chi connectivity index (χ4v) is 2.75. The van der Waals surface area contributed by atoms with Gasteiger partial charge in [-0.3, -0.25) is 9.79 Å². The van der Waals surface area contributed by atoms with Crippen LogP contribution in [0.2, 0.25) is 0 Å². The molecule has 8 nitrogen and oxygen atoms in total. The smallest absolute Gasteiger partial charge is 0.310 e. The van der Waals surface area contributed by atoms with Gasteiger partial charge in [-0.1, -0.05) is 5.16 Å². The van der Waals surface area contributed by atoms with Crippen molar-refractivity contribution in [1.82, 2.24) is 20.4 Å². The summed E-state index contributed by atoms with van der Waals surface area (Å²) in [7, 11) is 0. The molecule has 0 bridgehead atoms. The maximum absolute atomic E-state index is 12.0. The summed E-state index contributed by atoms with van der Waals surface area (Å²) >= 11 is 0. The molecule has 0 radical (unpaired) electrons. The topological polar surface area (TPSA) is 92.9 Å². The first-order chi connectivity index (χ1) is 11.6. The Hall–Kier alpha value is -1.39. The minimum absolute atomic E-state index is 0. The van der Waals surface area contributed by atoms with E-state index in [1.165, 1.54) is 0 Å². The minimum atomic E-state index is -0.112. The molecule has 1 aliphatic heterocycles. The molecule has 1 atom stereocenters. The van der Waals surface area contributed by atoms with Gasteiger partial charge in [-0.05, 0) is 33.6 Å². The second kappa shape index (κ2) is 11.3. The largest absolute Gasteiger partial charge is 0.466 e. The summed E-state index contributed by atoms with van der Waals surface area (Å²) in [5, 5.41) is 7.07. The van der Waals surface area contributed by atoms with Crippen molar-refractivity contribution in [3.8, 4) is 0 Å². The third-order valence-corrected chi connectivity index (χ3v) is 3.83. The number of aromatic nitrogens is 2. The first-order valence-corrected chi connectivity index (χ1v) is 8.63. The minimum Gasteiger partial charge on any atom is -0.466 e. The second-order valence-electron chi connectivity index (χ2n) is 5.76. The van der Waals surface area contributed by atoms with Gasteiger partial charge in [0.15, 0.2) is 11.8 Å². The predicted molar refractivity (Wildman–Crippen MR) is 105 cm³/mol. The highest BCUT2D eigenvalue weighted by Crippen LogP contribution is 2.18. The number of rotatable bonds is 6. The molecule has 0 spiro atoms. The van der Waals surface area contributed by atoms with E-state index in [0.29, 0.717) is 37.8 Å². The summed E-state index contributed by atoms with van der Waals surface area (Å²) in [4.78, 5) is 22.9. The third-order valence-electron chi connectivity index (χ3n) is 3.83. The van der Waals surface area contributed by atoms with Crippen molar-refractivity contribution in [3.05, 3.63) is 11.7 Å². The molecule has 9 heteroatoms. The van der Waals surface area contributed by atoms with Crippen molar-refractivity contribution in [2.45, 2.75) is 40.0 Å². The highest BCUT2D eigenvalue weighted by molar-refractivity contribution is 14.0. The van der Waals surface area contributed by atoms with Gasteiger partial charge in [0.2, 0.25) is 5.89 Å². The van der Waals surface area contributed by atoms with E-state index in [1.807, 2.05) is 13.8 Å². The van der Waals surface area contributed by atoms with Gasteiger partial charge in [0, 0.05) is 26.1 Å². The van der Waals surface area contributed by atoms with Crippen LogP contribution in [0.5, 0.6) is 0 Å². The van der Waals surface area contributed by atoms with E-state index in [0.717, 1.165) is 31.9 Å². The molecule has 25 heavy (non-hydrogen) atoms. The van der Waals surface area contributed by atoms with E-state index in [9.17, 15) is 4.79 Å². The average Bonchev–Trinajstić information content (AvgIpc) is 3.00. The second-order valence-corrected chi connectivity index (χ2v) is 5.76. The average molecular weight is 465 g/mol. The number of ether oxygens (including phenoxy) is 1. The van der Waals surface area contributed by atoms with Crippen LogP contribution < -0.4 is 5.32 Å². The lowest BCUT2D eigenvalue weighted by Gasteiger charge is -2.34. The van der Waals surface area contributed by atoms with E-state index in [4.69, 9.17) is 9.26 Å². The number of guanidine groups is 1. The summed E-state index contributed by atoms with van der Waals surface area (Å²) < 4.78 is 10.3. The number of esters is 1. The Morgan fingerprint density at radius 1 is 1.48 bits per heavy atom. The van der Waals surface area contributed by atoms with Gasteiger partial charge in [-0.2, -0.15) is 4.98 Å². The van der Waals surface area contributed by atoms with Gasteiger partial charge in [0.05, 0.1) is 19.1 Å². The summed E-state index contributed by atoms with van der Waals surface area (Å²) in [5.41, 5.74) is 0. The fourth-order valence-electron chi connectivity index (χ4n) is 2.75. The van der Waals surface area contributed by atoms with Gasteiger partial charge in [0.25, 0.3) is 0 Å². The molecule has 2 heterocycles. The number of hydrogen-bond acceptors (Lipinski definition) is 6. The summed E-state index contributed by atoms with van der Waals surface area (Å²) in [5.74, 6) is 1.85. The Labute approximate surface area is 165 Å². The number of aliphatic imine (C=N–C) groups is 1. The Kier molecular flexibility index (Phi) is 9.76. The predicted octanol–water partition coefficient (Wildman–Crippen LogP) is 1.78. The van der Waals surface area contributed by atoms with Crippen LogP contribution in [0.15, 0.2) is 9.52 Å². The molecular formula is C16H28IN5O3. The molecule has 1 aromatic heterocycles. The van der Waals surface area contributed by atoms with Crippen LogP contribution in [0.4, 0.5) is 0 Å². The first-order valence-electron chi connectivity index (χ1n) is 8.63. The van der Waals surface area contributed by atoms with Crippen molar-refractivity contribution < 1.29 is 14.1 Å². The number of halogens is 1. The molecular weight excluding hydrogens is 437 g/mol. The quantitative estimate of drug-likeness (QED) is 0.296. The molecule has 2 rings (SSSR count). The van der Waals surface area contributed by atoms with E-state index < -0.39 is 0 Å². The van der Waals surface area contributed by atoms with E-state index in [-0.39, 0.29) is 35.9 Å². The molecule has 0 aliphatic carbocycles. The fraction of sp³-hybridized carbons (Fsp3) is 0.750. The molecule has 1 aromatic rings. The zero-order chi connectivity index (χ0) is 17.4. The third kappa shape index (κ3) is 6.79. The molecule has 0 aromatic carbocycles. The molecule has 1 aliphatic rings. The molecule has 142 valence electrons. The van der Waals surface area contributed by atoms with Gasteiger partial charge >= 0.3 is 5.97 Å². The van der Waals surface area contributed by atoms with Gasteiger partial charge < -0.3 is 19.5 Å². The summed E-state index contributed by atoms with van der Waals surface area (Å²) in [6.45, 7) is 8.96. The number of aryl methyl sites for hydroxylation is 1.